The van der Waals surface area contributed by atoms with Crippen molar-refractivity contribution in [2.75, 3.05) is 0 Å². The molecular formula is C16H19F2NO. The van der Waals surface area contributed by atoms with Crippen LogP contribution in [0.3, 0.4) is 0 Å². The topological polar surface area (TPSA) is 21.3 Å². The van der Waals surface area contributed by atoms with Crippen LogP contribution in [0.25, 0.3) is 0 Å². The smallest absolute Gasteiger partial charge is 0.387 e. The fraction of sp³-hybridized carbons (Fsp3) is 0.625. The van der Waals surface area contributed by atoms with Gasteiger partial charge < -0.3 is 10.1 Å². The minimum atomic E-state index is -2.75. The SMILES string of the molecule is FC(F)Oc1ccc(CNC2C3C4CCC(C4)C23)cc1. The van der Waals surface area contributed by atoms with Crippen molar-refractivity contribution >= 4 is 0 Å². The van der Waals surface area contributed by atoms with Gasteiger partial charge in [0, 0.05) is 12.6 Å². The molecule has 1 aromatic rings. The minimum absolute atomic E-state index is 0.227. The normalized spacial score (nSPS) is 37.2. The third-order valence-electron chi connectivity index (χ3n) is 5.43. The van der Waals surface area contributed by atoms with E-state index in [1.54, 1.807) is 12.1 Å². The van der Waals surface area contributed by atoms with Gasteiger partial charge in [-0.1, -0.05) is 12.1 Å². The third-order valence-corrected chi connectivity index (χ3v) is 5.43. The fourth-order valence-corrected chi connectivity index (χ4v) is 4.62. The number of hydrogen-bond acceptors (Lipinski definition) is 2. The first-order valence-corrected chi connectivity index (χ1v) is 7.49. The van der Waals surface area contributed by atoms with Crippen LogP contribution >= 0.6 is 0 Å². The average Bonchev–Trinajstić information content (AvgIpc) is 2.81. The van der Waals surface area contributed by atoms with Crippen molar-refractivity contribution < 1.29 is 13.5 Å². The van der Waals surface area contributed by atoms with E-state index < -0.39 is 6.61 Å². The van der Waals surface area contributed by atoms with E-state index in [2.05, 4.69) is 10.1 Å². The van der Waals surface area contributed by atoms with Crippen LogP contribution in [0.15, 0.2) is 24.3 Å². The summed E-state index contributed by atoms with van der Waals surface area (Å²) >= 11 is 0. The van der Waals surface area contributed by atoms with E-state index in [-0.39, 0.29) is 5.75 Å². The zero-order chi connectivity index (χ0) is 13.7. The first-order valence-electron chi connectivity index (χ1n) is 7.49. The van der Waals surface area contributed by atoms with Crippen LogP contribution in [-0.4, -0.2) is 12.7 Å². The lowest BCUT2D eigenvalue weighted by Gasteiger charge is -2.11. The van der Waals surface area contributed by atoms with E-state index in [0.717, 1.165) is 35.8 Å². The molecule has 4 atom stereocenters. The van der Waals surface area contributed by atoms with E-state index in [4.69, 9.17) is 0 Å². The predicted octanol–water partition coefficient (Wildman–Crippen LogP) is 3.42. The second-order valence-corrected chi connectivity index (χ2v) is 6.42. The molecule has 0 aromatic heterocycles. The van der Waals surface area contributed by atoms with Gasteiger partial charge in [0.25, 0.3) is 0 Å². The highest BCUT2D eigenvalue weighted by Crippen LogP contribution is 2.65. The number of alkyl halides is 2. The average molecular weight is 279 g/mol. The van der Waals surface area contributed by atoms with Gasteiger partial charge in [-0.05, 0) is 60.6 Å². The summed E-state index contributed by atoms with van der Waals surface area (Å²) in [6, 6.07) is 7.65. The highest BCUT2D eigenvalue weighted by Gasteiger charge is 2.64. The van der Waals surface area contributed by atoms with E-state index in [0.29, 0.717) is 6.04 Å². The molecule has 0 aliphatic heterocycles. The highest BCUT2D eigenvalue weighted by molar-refractivity contribution is 5.27. The van der Waals surface area contributed by atoms with E-state index in [1.165, 1.54) is 19.3 Å². The molecule has 0 heterocycles. The summed E-state index contributed by atoms with van der Waals surface area (Å²) in [5, 5.41) is 3.65. The monoisotopic (exact) mass is 279 g/mol. The summed E-state index contributed by atoms with van der Waals surface area (Å²) in [5.41, 5.74) is 1.13. The molecule has 1 aromatic carbocycles. The third kappa shape index (κ3) is 2.10. The van der Waals surface area contributed by atoms with Gasteiger partial charge in [-0.2, -0.15) is 8.78 Å². The summed E-state index contributed by atoms with van der Waals surface area (Å²) in [6.45, 7) is -1.92. The lowest BCUT2D eigenvalue weighted by molar-refractivity contribution is -0.0498. The summed E-state index contributed by atoms with van der Waals surface area (Å²) < 4.78 is 28.5. The Hall–Kier alpha value is -1.16. The number of halogens is 2. The van der Waals surface area contributed by atoms with Crippen molar-refractivity contribution in [3.8, 4) is 5.75 Å². The maximum atomic E-state index is 12.1. The Morgan fingerprint density at radius 1 is 1.10 bits per heavy atom. The molecule has 0 spiro atoms. The Morgan fingerprint density at radius 2 is 1.75 bits per heavy atom. The number of rotatable bonds is 5. The van der Waals surface area contributed by atoms with Crippen molar-refractivity contribution in [1.82, 2.24) is 5.32 Å². The Balaban J connectivity index is 1.30. The first kappa shape index (κ1) is 12.6. The molecule has 0 amide bonds. The zero-order valence-electron chi connectivity index (χ0n) is 11.3. The lowest BCUT2D eigenvalue weighted by atomic mass is 10.0. The molecule has 108 valence electrons. The van der Waals surface area contributed by atoms with Crippen molar-refractivity contribution in [3.05, 3.63) is 29.8 Å². The van der Waals surface area contributed by atoms with Crippen LogP contribution in [0.1, 0.15) is 24.8 Å². The van der Waals surface area contributed by atoms with Crippen LogP contribution in [0, 0.1) is 23.7 Å². The van der Waals surface area contributed by atoms with Gasteiger partial charge in [0.15, 0.2) is 0 Å². The Labute approximate surface area is 117 Å². The second-order valence-electron chi connectivity index (χ2n) is 6.42. The molecule has 2 bridgehead atoms. The van der Waals surface area contributed by atoms with Crippen LogP contribution in [0.4, 0.5) is 8.78 Å². The highest BCUT2D eigenvalue weighted by atomic mass is 19.3. The quantitative estimate of drug-likeness (QED) is 0.891. The molecular weight excluding hydrogens is 260 g/mol. The second kappa shape index (κ2) is 4.69. The molecule has 3 aliphatic carbocycles. The van der Waals surface area contributed by atoms with E-state index >= 15 is 0 Å². The van der Waals surface area contributed by atoms with Gasteiger partial charge in [0.1, 0.15) is 5.75 Å². The molecule has 4 heteroatoms. The summed E-state index contributed by atoms with van der Waals surface area (Å²) in [6.07, 6.45) is 4.33. The number of fused-ring (bicyclic) bond motifs is 5. The fourth-order valence-electron chi connectivity index (χ4n) is 4.62. The van der Waals surface area contributed by atoms with Crippen LogP contribution in [-0.2, 0) is 6.54 Å². The number of benzene rings is 1. The minimum Gasteiger partial charge on any atom is -0.435 e. The number of nitrogens with one attached hydrogen (secondary N) is 1. The molecule has 20 heavy (non-hydrogen) atoms. The van der Waals surface area contributed by atoms with Crippen LogP contribution in [0.2, 0.25) is 0 Å². The van der Waals surface area contributed by atoms with Gasteiger partial charge in [-0.15, -0.1) is 0 Å². The van der Waals surface area contributed by atoms with Crippen molar-refractivity contribution in [2.45, 2.75) is 38.5 Å². The van der Waals surface area contributed by atoms with Crippen LogP contribution < -0.4 is 10.1 Å². The largest absolute Gasteiger partial charge is 0.435 e. The van der Waals surface area contributed by atoms with Crippen LogP contribution in [0.5, 0.6) is 5.75 Å². The Bertz CT molecular complexity index is 474. The Kier molecular flexibility index (Phi) is 2.95. The summed E-state index contributed by atoms with van der Waals surface area (Å²) in [7, 11) is 0. The molecule has 3 fully saturated rings. The zero-order valence-corrected chi connectivity index (χ0v) is 11.3. The maximum absolute atomic E-state index is 12.1. The van der Waals surface area contributed by atoms with Gasteiger partial charge in [-0.25, -0.2) is 0 Å². The van der Waals surface area contributed by atoms with Crippen molar-refractivity contribution in [3.63, 3.8) is 0 Å². The molecule has 4 unspecified atom stereocenters. The van der Waals surface area contributed by atoms with Gasteiger partial charge in [0.05, 0.1) is 0 Å². The molecule has 3 aliphatic rings. The Morgan fingerprint density at radius 3 is 2.35 bits per heavy atom. The lowest BCUT2D eigenvalue weighted by Crippen LogP contribution is -2.22. The molecule has 3 saturated carbocycles. The molecule has 2 nitrogen and oxygen atoms in total. The molecule has 1 N–H and O–H groups in total. The van der Waals surface area contributed by atoms with E-state index in [1.807, 2.05) is 12.1 Å². The van der Waals surface area contributed by atoms with Gasteiger partial charge in [0.2, 0.25) is 0 Å². The molecule has 0 saturated heterocycles. The summed E-state index contributed by atoms with van der Waals surface area (Å²) in [4.78, 5) is 0. The standard InChI is InChI=1S/C16H19F2NO/c17-16(18)20-12-5-1-9(2-6-12)8-19-15-13-10-3-4-11(7-10)14(13)15/h1-2,5-6,10-11,13-16,19H,3-4,7-8H2. The number of hydrogen-bond donors (Lipinski definition) is 1. The first-order chi connectivity index (χ1) is 9.72. The molecule has 4 rings (SSSR count). The summed E-state index contributed by atoms with van der Waals surface area (Å²) in [5.74, 6) is 4.03. The van der Waals surface area contributed by atoms with Crippen molar-refractivity contribution in [2.24, 2.45) is 23.7 Å². The number of ether oxygens (including phenoxy) is 1. The van der Waals surface area contributed by atoms with E-state index in [9.17, 15) is 8.78 Å². The predicted molar refractivity (Wildman–Crippen MR) is 71.5 cm³/mol. The van der Waals surface area contributed by atoms with Gasteiger partial charge in [-0.3, -0.25) is 0 Å². The van der Waals surface area contributed by atoms with Crippen molar-refractivity contribution in [1.29, 1.82) is 0 Å². The maximum Gasteiger partial charge on any atom is 0.387 e. The van der Waals surface area contributed by atoms with Gasteiger partial charge >= 0.3 is 6.61 Å². The molecule has 0 radical (unpaired) electrons.